The zero-order valence-corrected chi connectivity index (χ0v) is 13.1. The normalized spacial score (nSPS) is 12.8. The van der Waals surface area contributed by atoms with Gasteiger partial charge < -0.3 is 15.4 Å². The lowest BCUT2D eigenvalue weighted by molar-refractivity contribution is -0.123. The molecule has 0 aliphatic carbocycles. The zero-order valence-electron chi connectivity index (χ0n) is 13.1. The molecule has 4 heteroatoms. The topological polar surface area (TPSA) is 50.4 Å². The van der Waals surface area contributed by atoms with Gasteiger partial charge in [0.05, 0.1) is 6.61 Å². The van der Waals surface area contributed by atoms with E-state index >= 15 is 0 Å². The minimum Gasteiger partial charge on any atom is -0.380 e. The van der Waals surface area contributed by atoms with Crippen LogP contribution in [-0.2, 0) is 16.1 Å². The molecule has 0 saturated carbocycles. The summed E-state index contributed by atoms with van der Waals surface area (Å²) in [5.74, 6) is 0.00377. The van der Waals surface area contributed by atoms with E-state index in [2.05, 4.69) is 17.6 Å². The van der Waals surface area contributed by atoms with Gasteiger partial charge in [0, 0.05) is 23.9 Å². The minimum atomic E-state index is -0.293. The Bertz CT molecular complexity index is 444. The second-order valence-corrected chi connectivity index (χ2v) is 5.68. The van der Waals surface area contributed by atoms with Gasteiger partial charge in [0.2, 0.25) is 5.91 Å². The molecule has 1 aromatic carbocycles. The molecule has 0 fully saturated rings. The van der Waals surface area contributed by atoms with Crippen LogP contribution < -0.4 is 10.6 Å². The first-order valence-corrected chi connectivity index (χ1v) is 7.05. The molecule has 0 saturated heterocycles. The standard InChI is InChI=1S/C16H26N2O2/c1-6-16(3,4)18-15(19)12(2)17-14-10-8-7-9-13(14)11-20-5/h7-10,12,17H,6,11H2,1-5H3,(H,18,19). The van der Waals surface area contributed by atoms with E-state index in [4.69, 9.17) is 4.74 Å². The molecule has 112 valence electrons. The van der Waals surface area contributed by atoms with Crippen LogP contribution in [0.2, 0.25) is 0 Å². The van der Waals surface area contributed by atoms with Crippen molar-refractivity contribution in [1.29, 1.82) is 0 Å². The van der Waals surface area contributed by atoms with Crippen LogP contribution in [0.3, 0.4) is 0 Å². The molecule has 0 bridgehead atoms. The number of benzene rings is 1. The molecule has 4 nitrogen and oxygen atoms in total. The first kappa shape index (κ1) is 16.5. The largest absolute Gasteiger partial charge is 0.380 e. The number of amides is 1. The summed E-state index contributed by atoms with van der Waals surface area (Å²) in [6.07, 6.45) is 0.895. The molecule has 0 aliphatic rings. The second-order valence-electron chi connectivity index (χ2n) is 5.68. The third-order valence-corrected chi connectivity index (χ3v) is 3.43. The molecule has 20 heavy (non-hydrogen) atoms. The lowest BCUT2D eigenvalue weighted by Crippen LogP contribution is -2.48. The van der Waals surface area contributed by atoms with E-state index in [9.17, 15) is 4.79 Å². The predicted molar refractivity (Wildman–Crippen MR) is 82.8 cm³/mol. The van der Waals surface area contributed by atoms with Gasteiger partial charge in [-0.25, -0.2) is 0 Å². The van der Waals surface area contributed by atoms with Crippen molar-refractivity contribution in [1.82, 2.24) is 5.32 Å². The molecule has 2 N–H and O–H groups in total. The first-order chi connectivity index (χ1) is 9.39. The zero-order chi connectivity index (χ0) is 15.2. The highest BCUT2D eigenvalue weighted by Crippen LogP contribution is 2.17. The van der Waals surface area contributed by atoms with Gasteiger partial charge in [-0.2, -0.15) is 0 Å². The lowest BCUT2D eigenvalue weighted by Gasteiger charge is -2.27. The fourth-order valence-electron chi connectivity index (χ4n) is 1.77. The highest BCUT2D eigenvalue weighted by atomic mass is 16.5. The Labute approximate surface area is 121 Å². The Hall–Kier alpha value is -1.55. The van der Waals surface area contributed by atoms with Crippen molar-refractivity contribution < 1.29 is 9.53 Å². The molecule has 0 aromatic heterocycles. The summed E-state index contributed by atoms with van der Waals surface area (Å²) in [6, 6.07) is 7.57. The number of ether oxygens (including phenoxy) is 1. The molecule has 1 aromatic rings. The fourth-order valence-corrected chi connectivity index (χ4v) is 1.77. The SMILES string of the molecule is CCC(C)(C)NC(=O)C(C)Nc1ccccc1COC. The molecule has 1 amide bonds. The van der Waals surface area contributed by atoms with Gasteiger partial charge in [-0.05, 0) is 33.3 Å². The summed E-state index contributed by atoms with van der Waals surface area (Å²) in [4.78, 5) is 12.2. The average Bonchev–Trinajstić information content (AvgIpc) is 2.40. The van der Waals surface area contributed by atoms with Gasteiger partial charge in [-0.1, -0.05) is 25.1 Å². The van der Waals surface area contributed by atoms with Crippen molar-refractivity contribution in [3.05, 3.63) is 29.8 Å². The Morgan fingerprint density at radius 2 is 2.00 bits per heavy atom. The summed E-state index contributed by atoms with van der Waals surface area (Å²) in [6.45, 7) is 8.50. The van der Waals surface area contributed by atoms with Gasteiger partial charge in [-0.15, -0.1) is 0 Å². The number of carbonyl (C=O) groups is 1. The fraction of sp³-hybridized carbons (Fsp3) is 0.562. The van der Waals surface area contributed by atoms with E-state index in [0.717, 1.165) is 17.7 Å². The van der Waals surface area contributed by atoms with Crippen molar-refractivity contribution in [3.63, 3.8) is 0 Å². The van der Waals surface area contributed by atoms with Crippen LogP contribution in [0.15, 0.2) is 24.3 Å². The maximum atomic E-state index is 12.2. The summed E-state index contributed by atoms with van der Waals surface area (Å²) < 4.78 is 5.17. The van der Waals surface area contributed by atoms with Crippen LogP contribution in [0, 0.1) is 0 Å². The predicted octanol–water partition coefficient (Wildman–Crippen LogP) is 2.94. The summed E-state index contributed by atoms with van der Waals surface area (Å²) in [5, 5.41) is 6.29. The quantitative estimate of drug-likeness (QED) is 0.806. The van der Waals surface area contributed by atoms with E-state index in [1.165, 1.54) is 0 Å². The van der Waals surface area contributed by atoms with Crippen LogP contribution >= 0.6 is 0 Å². The van der Waals surface area contributed by atoms with E-state index in [-0.39, 0.29) is 17.5 Å². The van der Waals surface area contributed by atoms with E-state index < -0.39 is 0 Å². The highest BCUT2D eigenvalue weighted by Gasteiger charge is 2.22. The van der Waals surface area contributed by atoms with Crippen molar-refractivity contribution in [2.75, 3.05) is 12.4 Å². The maximum Gasteiger partial charge on any atom is 0.242 e. The van der Waals surface area contributed by atoms with Gasteiger partial charge in [0.1, 0.15) is 6.04 Å². The Balaban J connectivity index is 2.70. The van der Waals surface area contributed by atoms with Crippen LogP contribution in [0.4, 0.5) is 5.69 Å². The molecule has 0 spiro atoms. The molecule has 1 unspecified atom stereocenters. The molecular weight excluding hydrogens is 252 g/mol. The maximum absolute atomic E-state index is 12.2. The number of para-hydroxylation sites is 1. The van der Waals surface area contributed by atoms with Gasteiger partial charge >= 0.3 is 0 Å². The van der Waals surface area contributed by atoms with E-state index in [1.807, 2.05) is 45.0 Å². The van der Waals surface area contributed by atoms with Crippen molar-refractivity contribution >= 4 is 11.6 Å². The van der Waals surface area contributed by atoms with Crippen LogP contribution in [0.25, 0.3) is 0 Å². The molecule has 1 atom stereocenters. The summed E-state index contributed by atoms with van der Waals surface area (Å²) in [7, 11) is 1.66. The molecular formula is C16H26N2O2. The molecule has 0 aliphatic heterocycles. The van der Waals surface area contributed by atoms with Crippen LogP contribution in [0.5, 0.6) is 0 Å². The van der Waals surface area contributed by atoms with Crippen molar-refractivity contribution in [2.24, 2.45) is 0 Å². The minimum absolute atomic E-state index is 0.00377. The lowest BCUT2D eigenvalue weighted by atomic mass is 10.0. The summed E-state index contributed by atoms with van der Waals surface area (Å²) >= 11 is 0. The number of nitrogens with one attached hydrogen (secondary N) is 2. The van der Waals surface area contributed by atoms with E-state index in [1.54, 1.807) is 7.11 Å². The first-order valence-electron chi connectivity index (χ1n) is 7.05. The molecule has 1 rings (SSSR count). The van der Waals surface area contributed by atoms with Crippen molar-refractivity contribution in [2.45, 2.75) is 52.3 Å². The molecule has 0 radical (unpaired) electrons. The van der Waals surface area contributed by atoms with Gasteiger partial charge in [-0.3, -0.25) is 4.79 Å². The number of rotatable bonds is 7. The van der Waals surface area contributed by atoms with Crippen LogP contribution in [-0.4, -0.2) is 24.6 Å². The van der Waals surface area contributed by atoms with Crippen LogP contribution in [0.1, 0.15) is 39.7 Å². The second kappa shape index (κ2) is 7.29. The Kier molecular flexibility index (Phi) is 6.02. The van der Waals surface area contributed by atoms with Gasteiger partial charge in [0.15, 0.2) is 0 Å². The average molecular weight is 278 g/mol. The molecule has 0 heterocycles. The number of hydrogen-bond donors (Lipinski definition) is 2. The third kappa shape index (κ3) is 4.85. The Morgan fingerprint density at radius 3 is 2.60 bits per heavy atom. The van der Waals surface area contributed by atoms with Crippen molar-refractivity contribution in [3.8, 4) is 0 Å². The highest BCUT2D eigenvalue weighted by molar-refractivity contribution is 5.85. The number of hydrogen-bond acceptors (Lipinski definition) is 3. The number of carbonyl (C=O) groups excluding carboxylic acids is 1. The monoisotopic (exact) mass is 278 g/mol. The van der Waals surface area contributed by atoms with E-state index in [0.29, 0.717) is 6.61 Å². The number of anilines is 1. The smallest absolute Gasteiger partial charge is 0.242 e. The Morgan fingerprint density at radius 1 is 1.35 bits per heavy atom. The summed E-state index contributed by atoms with van der Waals surface area (Å²) in [5.41, 5.74) is 1.80. The number of methoxy groups -OCH3 is 1. The van der Waals surface area contributed by atoms with Gasteiger partial charge in [0.25, 0.3) is 0 Å². The third-order valence-electron chi connectivity index (χ3n) is 3.43.